The quantitative estimate of drug-likeness (QED) is 0.706. The van der Waals surface area contributed by atoms with Crippen LogP contribution in [0.2, 0.25) is 0 Å². The number of hydrogen-bond donors (Lipinski definition) is 1. The smallest absolute Gasteiger partial charge is 0.0731 e. The monoisotopic (exact) mass is 211 g/mol. The molecule has 88 valence electrons. The molecule has 2 nitrogen and oxygen atoms in total. The average molecular weight is 211 g/mol. The zero-order valence-electron chi connectivity index (χ0n) is 10.8. The molecule has 1 fully saturated rings. The van der Waals surface area contributed by atoms with Crippen molar-refractivity contribution >= 4 is 0 Å². The van der Waals surface area contributed by atoms with E-state index in [1.807, 2.05) is 13.2 Å². The van der Waals surface area contributed by atoms with Gasteiger partial charge < -0.3 is 10.1 Å². The molecule has 15 heavy (non-hydrogen) atoms. The molecule has 1 N–H and O–H groups in total. The Kier molecular flexibility index (Phi) is 3.62. The molecule has 3 unspecified atom stereocenters. The summed E-state index contributed by atoms with van der Waals surface area (Å²) in [4.78, 5) is 0. The fourth-order valence-corrected chi connectivity index (χ4v) is 2.42. The molecule has 1 aliphatic carbocycles. The van der Waals surface area contributed by atoms with Crippen LogP contribution in [0, 0.1) is 5.41 Å². The van der Waals surface area contributed by atoms with Crippen LogP contribution in [0.15, 0.2) is 12.7 Å². The lowest BCUT2D eigenvalue weighted by Crippen LogP contribution is -2.68. The molecular weight excluding hydrogens is 186 g/mol. The van der Waals surface area contributed by atoms with E-state index in [0.29, 0.717) is 12.1 Å². The average Bonchev–Trinajstić information content (AvgIpc) is 2.17. The van der Waals surface area contributed by atoms with Crippen LogP contribution in [0.4, 0.5) is 0 Å². The second-order valence-corrected chi connectivity index (χ2v) is 5.51. The van der Waals surface area contributed by atoms with Gasteiger partial charge in [0, 0.05) is 24.6 Å². The van der Waals surface area contributed by atoms with E-state index in [-0.39, 0.29) is 11.0 Å². The van der Waals surface area contributed by atoms with Gasteiger partial charge >= 0.3 is 0 Å². The van der Waals surface area contributed by atoms with E-state index in [4.69, 9.17) is 4.74 Å². The fraction of sp³-hybridized carbons (Fsp3) is 0.846. The van der Waals surface area contributed by atoms with Gasteiger partial charge in [-0.05, 0) is 26.7 Å². The van der Waals surface area contributed by atoms with E-state index in [9.17, 15) is 0 Å². The van der Waals surface area contributed by atoms with Gasteiger partial charge in [-0.3, -0.25) is 0 Å². The maximum Gasteiger partial charge on any atom is 0.0731 e. The Morgan fingerprint density at radius 3 is 2.53 bits per heavy atom. The first-order valence-electron chi connectivity index (χ1n) is 5.79. The number of hydrogen-bond acceptors (Lipinski definition) is 2. The fourth-order valence-electron chi connectivity index (χ4n) is 2.42. The minimum absolute atomic E-state index is 0.0264. The highest BCUT2D eigenvalue weighted by atomic mass is 16.5. The van der Waals surface area contributed by atoms with Gasteiger partial charge in [0.2, 0.25) is 0 Å². The summed E-state index contributed by atoms with van der Waals surface area (Å²) in [7, 11) is 1.81. The van der Waals surface area contributed by atoms with Crippen molar-refractivity contribution in [2.75, 3.05) is 7.11 Å². The van der Waals surface area contributed by atoms with E-state index in [1.54, 1.807) is 0 Å². The van der Waals surface area contributed by atoms with Crippen molar-refractivity contribution < 1.29 is 4.74 Å². The van der Waals surface area contributed by atoms with Crippen molar-refractivity contribution in [3.63, 3.8) is 0 Å². The summed E-state index contributed by atoms with van der Waals surface area (Å²) in [5.41, 5.74) is 0.232. The Hall–Kier alpha value is -0.340. The van der Waals surface area contributed by atoms with Gasteiger partial charge in [0.05, 0.1) is 5.60 Å². The van der Waals surface area contributed by atoms with Gasteiger partial charge in [-0.1, -0.05) is 19.9 Å². The molecule has 0 aromatic rings. The van der Waals surface area contributed by atoms with Crippen molar-refractivity contribution in [3.05, 3.63) is 12.7 Å². The lowest BCUT2D eigenvalue weighted by Gasteiger charge is -2.60. The second kappa shape index (κ2) is 4.26. The molecule has 1 aliphatic rings. The number of ether oxygens (including phenoxy) is 1. The zero-order valence-corrected chi connectivity index (χ0v) is 10.8. The standard InChI is InChI=1S/C13H25NO/c1-7-8-10(2)14-11-9-13(5,15-6)12(11,3)4/h7,10-11,14H,1,8-9H2,2-6H3. The van der Waals surface area contributed by atoms with E-state index < -0.39 is 0 Å². The van der Waals surface area contributed by atoms with Crippen LogP contribution in [-0.4, -0.2) is 24.8 Å². The Morgan fingerprint density at radius 2 is 2.13 bits per heavy atom. The topological polar surface area (TPSA) is 21.3 Å². The molecule has 0 aliphatic heterocycles. The predicted molar refractivity (Wildman–Crippen MR) is 65.0 cm³/mol. The van der Waals surface area contributed by atoms with Gasteiger partial charge in [-0.25, -0.2) is 0 Å². The van der Waals surface area contributed by atoms with Crippen LogP contribution in [0.1, 0.15) is 40.5 Å². The first-order chi connectivity index (χ1) is 6.87. The third-order valence-corrected chi connectivity index (χ3v) is 4.28. The molecule has 0 bridgehead atoms. The van der Waals surface area contributed by atoms with Crippen LogP contribution in [0.3, 0.4) is 0 Å². The lowest BCUT2D eigenvalue weighted by atomic mass is 9.55. The van der Waals surface area contributed by atoms with Gasteiger partial charge in [-0.2, -0.15) is 0 Å². The van der Waals surface area contributed by atoms with Gasteiger partial charge in [0.25, 0.3) is 0 Å². The summed E-state index contributed by atoms with van der Waals surface area (Å²) in [5, 5.41) is 3.65. The van der Waals surface area contributed by atoms with Crippen LogP contribution in [-0.2, 0) is 4.74 Å². The Bertz CT molecular complexity index is 237. The summed E-state index contributed by atoms with van der Waals surface area (Å²) in [6, 6.07) is 1.06. The molecule has 1 rings (SSSR count). The van der Waals surface area contributed by atoms with Crippen LogP contribution in [0.25, 0.3) is 0 Å². The third kappa shape index (κ3) is 2.11. The predicted octanol–water partition coefficient (Wildman–Crippen LogP) is 2.74. The molecule has 0 radical (unpaired) electrons. The molecule has 3 atom stereocenters. The largest absolute Gasteiger partial charge is 0.378 e. The highest BCUT2D eigenvalue weighted by Gasteiger charge is 2.57. The highest BCUT2D eigenvalue weighted by molar-refractivity contribution is 5.11. The van der Waals surface area contributed by atoms with Crippen molar-refractivity contribution in [3.8, 4) is 0 Å². The molecule has 0 aromatic heterocycles. The van der Waals surface area contributed by atoms with Crippen LogP contribution in [0.5, 0.6) is 0 Å². The van der Waals surface area contributed by atoms with E-state index in [2.05, 4.69) is 39.6 Å². The van der Waals surface area contributed by atoms with Gasteiger partial charge in [-0.15, -0.1) is 6.58 Å². The number of rotatable bonds is 5. The normalized spacial score (nSPS) is 35.7. The second-order valence-electron chi connectivity index (χ2n) is 5.51. The van der Waals surface area contributed by atoms with Crippen LogP contribution >= 0.6 is 0 Å². The van der Waals surface area contributed by atoms with Gasteiger partial charge in [0.15, 0.2) is 0 Å². The molecule has 0 saturated heterocycles. The van der Waals surface area contributed by atoms with Crippen molar-refractivity contribution in [2.24, 2.45) is 5.41 Å². The Labute approximate surface area is 94.1 Å². The van der Waals surface area contributed by atoms with E-state index >= 15 is 0 Å². The van der Waals surface area contributed by atoms with Crippen molar-refractivity contribution in [1.82, 2.24) is 5.32 Å². The minimum Gasteiger partial charge on any atom is -0.378 e. The summed E-state index contributed by atoms with van der Waals surface area (Å²) in [6.45, 7) is 12.7. The summed E-state index contributed by atoms with van der Waals surface area (Å²) in [6.07, 6.45) is 4.09. The molecule has 2 heteroatoms. The van der Waals surface area contributed by atoms with Gasteiger partial charge in [0.1, 0.15) is 0 Å². The summed E-state index contributed by atoms with van der Waals surface area (Å²) >= 11 is 0. The molecular formula is C13H25NO. The zero-order chi connectivity index (χ0) is 11.7. The first kappa shape index (κ1) is 12.7. The molecule has 0 aromatic carbocycles. The lowest BCUT2D eigenvalue weighted by molar-refractivity contribution is -0.182. The minimum atomic E-state index is 0.0264. The van der Waals surface area contributed by atoms with E-state index in [1.165, 1.54) is 0 Å². The highest BCUT2D eigenvalue weighted by Crippen LogP contribution is 2.51. The van der Waals surface area contributed by atoms with Crippen LogP contribution < -0.4 is 5.32 Å². The maximum atomic E-state index is 5.60. The summed E-state index contributed by atoms with van der Waals surface area (Å²) < 4.78 is 5.60. The van der Waals surface area contributed by atoms with E-state index in [0.717, 1.165) is 12.8 Å². The summed E-state index contributed by atoms with van der Waals surface area (Å²) in [5.74, 6) is 0. The van der Waals surface area contributed by atoms with Crippen molar-refractivity contribution in [2.45, 2.75) is 58.2 Å². The number of nitrogens with one attached hydrogen (secondary N) is 1. The number of methoxy groups -OCH3 is 1. The Morgan fingerprint density at radius 1 is 1.53 bits per heavy atom. The maximum absolute atomic E-state index is 5.60. The molecule has 1 saturated carbocycles. The van der Waals surface area contributed by atoms with Crippen molar-refractivity contribution in [1.29, 1.82) is 0 Å². The molecule has 0 spiro atoms. The molecule has 0 heterocycles. The third-order valence-electron chi connectivity index (χ3n) is 4.28. The molecule has 0 amide bonds. The Balaban J connectivity index is 2.52. The first-order valence-corrected chi connectivity index (χ1v) is 5.79. The SMILES string of the molecule is C=CCC(C)NC1CC(C)(OC)C1(C)C.